The summed E-state index contributed by atoms with van der Waals surface area (Å²) in [5, 5.41) is 2.85. The van der Waals surface area contributed by atoms with Crippen LogP contribution in [0.3, 0.4) is 0 Å². The number of anilines is 1. The molecule has 3 rings (SSSR count). The highest BCUT2D eigenvalue weighted by Gasteiger charge is 2.18. The third kappa shape index (κ3) is 4.09. The number of benzene rings is 1. The zero-order chi connectivity index (χ0) is 18.5. The molecule has 1 aliphatic carbocycles. The number of rotatable bonds is 6. The second-order valence-corrected chi connectivity index (χ2v) is 7.38. The number of nitrogens with one attached hydrogen (secondary N) is 1. The van der Waals surface area contributed by atoms with Gasteiger partial charge in [0.2, 0.25) is 5.91 Å². The summed E-state index contributed by atoms with van der Waals surface area (Å²) < 4.78 is 3.38. The van der Waals surface area contributed by atoms with Crippen LogP contribution in [-0.4, -0.2) is 15.3 Å². The van der Waals surface area contributed by atoms with E-state index >= 15 is 0 Å². The van der Waals surface area contributed by atoms with Gasteiger partial charge in [-0.2, -0.15) is 0 Å². The minimum atomic E-state index is -0.183. The molecule has 1 aliphatic rings. The van der Waals surface area contributed by atoms with Gasteiger partial charge in [-0.15, -0.1) is 0 Å². The quantitative estimate of drug-likeness (QED) is 0.845. The van der Waals surface area contributed by atoms with Gasteiger partial charge < -0.3 is 5.32 Å². The monoisotopic (exact) mass is 355 g/mol. The van der Waals surface area contributed by atoms with Crippen molar-refractivity contribution in [3.8, 4) is 5.69 Å². The first kappa shape index (κ1) is 18.5. The summed E-state index contributed by atoms with van der Waals surface area (Å²) in [5.74, 6) is 0.720. The molecular weight excluding hydrogens is 326 g/mol. The first-order valence-electron chi connectivity index (χ1n) is 9.72. The smallest absolute Gasteiger partial charge is 0.295 e. The van der Waals surface area contributed by atoms with Gasteiger partial charge in [0, 0.05) is 13.5 Å². The van der Waals surface area contributed by atoms with E-state index in [0.717, 1.165) is 30.1 Å². The van der Waals surface area contributed by atoms with Gasteiger partial charge in [-0.1, -0.05) is 50.3 Å². The predicted octanol–water partition coefficient (Wildman–Crippen LogP) is 4.17. The molecule has 0 radical (unpaired) electrons. The maximum absolute atomic E-state index is 12.8. The fourth-order valence-corrected chi connectivity index (χ4v) is 3.94. The Hall–Kier alpha value is -2.30. The Morgan fingerprint density at radius 3 is 2.54 bits per heavy atom. The van der Waals surface area contributed by atoms with Crippen LogP contribution >= 0.6 is 0 Å². The third-order valence-corrected chi connectivity index (χ3v) is 5.56. The Morgan fingerprint density at radius 1 is 1.15 bits per heavy atom. The number of amides is 1. The van der Waals surface area contributed by atoms with Crippen LogP contribution in [0.2, 0.25) is 0 Å². The van der Waals surface area contributed by atoms with Crippen molar-refractivity contribution >= 4 is 11.6 Å². The molecule has 0 saturated heterocycles. The van der Waals surface area contributed by atoms with Crippen LogP contribution < -0.4 is 10.9 Å². The lowest BCUT2D eigenvalue weighted by atomic mass is 9.86. The highest BCUT2D eigenvalue weighted by molar-refractivity contribution is 5.91. The van der Waals surface area contributed by atoms with Crippen LogP contribution in [0.25, 0.3) is 5.69 Å². The van der Waals surface area contributed by atoms with Gasteiger partial charge in [0.15, 0.2) is 0 Å². The van der Waals surface area contributed by atoms with E-state index in [1.54, 1.807) is 9.36 Å². The van der Waals surface area contributed by atoms with Gasteiger partial charge >= 0.3 is 0 Å². The average molecular weight is 355 g/mol. The lowest BCUT2D eigenvalue weighted by Crippen LogP contribution is -2.22. The maximum Gasteiger partial charge on any atom is 0.295 e. The van der Waals surface area contributed by atoms with Gasteiger partial charge in [0.1, 0.15) is 5.69 Å². The van der Waals surface area contributed by atoms with Crippen molar-refractivity contribution in [3.63, 3.8) is 0 Å². The largest absolute Gasteiger partial charge is 0.320 e. The number of hydrogen-bond acceptors (Lipinski definition) is 2. The molecule has 0 atom stereocenters. The Labute approximate surface area is 155 Å². The molecule has 26 heavy (non-hydrogen) atoms. The molecule has 2 aromatic rings. The van der Waals surface area contributed by atoms with Crippen molar-refractivity contribution in [1.82, 2.24) is 9.36 Å². The SMILES string of the molecule is Cc1c(NC(=O)CCCC2CCCCC2)c(=O)n(-c2ccccc2)n1C. The molecule has 0 unspecified atom stereocenters. The first-order valence-corrected chi connectivity index (χ1v) is 9.72. The summed E-state index contributed by atoms with van der Waals surface area (Å²) in [6, 6.07) is 9.48. The van der Waals surface area contributed by atoms with Crippen molar-refractivity contribution in [2.24, 2.45) is 13.0 Å². The number of carbonyl (C=O) groups is 1. The molecule has 5 nitrogen and oxygen atoms in total. The van der Waals surface area contributed by atoms with Crippen LogP contribution in [0.15, 0.2) is 35.1 Å². The summed E-state index contributed by atoms with van der Waals surface area (Å²) >= 11 is 0. The summed E-state index contributed by atoms with van der Waals surface area (Å²) in [6.45, 7) is 1.86. The van der Waals surface area contributed by atoms with Crippen molar-refractivity contribution in [2.75, 3.05) is 5.32 Å². The zero-order valence-corrected chi connectivity index (χ0v) is 15.8. The van der Waals surface area contributed by atoms with Gasteiger partial charge in [-0.25, -0.2) is 4.68 Å². The van der Waals surface area contributed by atoms with E-state index in [1.165, 1.54) is 32.1 Å². The minimum Gasteiger partial charge on any atom is -0.320 e. The van der Waals surface area contributed by atoms with E-state index in [0.29, 0.717) is 12.1 Å². The van der Waals surface area contributed by atoms with E-state index < -0.39 is 0 Å². The van der Waals surface area contributed by atoms with E-state index in [1.807, 2.05) is 44.3 Å². The lowest BCUT2D eigenvalue weighted by Gasteiger charge is -2.21. The van der Waals surface area contributed by atoms with Gasteiger partial charge in [-0.05, 0) is 37.8 Å². The zero-order valence-electron chi connectivity index (χ0n) is 15.8. The standard InChI is InChI=1S/C21H29N3O2/c1-16-20(21(26)24(23(16)2)18-13-7-4-8-14-18)22-19(25)15-9-12-17-10-5-3-6-11-17/h4,7-8,13-14,17H,3,5-6,9-12,15H2,1-2H3,(H,22,25). The Balaban J connectivity index is 1.64. The van der Waals surface area contributed by atoms with Crippen molar-refractivity contribution in [2.45, 2.75) is 58.3 Å². The molecular formula is C21H29N3O2. The molecule has 0 bridgehead atoms. The maximum atomic E-state index is 12.8. The molecule has 1 heterocycles. The third-order valence-electron chi connectivity index (χ3n) is 5.56. The van der Waals surface area contributed by atoms with Crippen molar-refractivity contribution in [1.29, 1.82) is 0 Å². The molecule has 1 aromatic heterocycles. The molecule has 1 saturated carbocycles. The van der Waals surface area contributed by atoms with E-state index in [-0.39, 0.29) is 11.5 Å². The minimum absolute atomic E-state index is 0.0631. The Bertz CT molecular complexity index is 799. The van der Waals surface area contributed by atoms with Gasteiger partial charge in [0.25, 0.3) is 5.56 Å². The second kappa shape index (κ2) is 8.39. The lowest BCUT2D eigenvalue weighted by molar-refractivity contribution is -0.116. The Kier molecular flexibility index (Phi) is 5.96. The van der Waals surface area contributed by atoms with E-state index in [2.05, 4.69) is 5.32 Å². The van der Waals surface area contributed by atoms with Crippen LogP contribution in [0, 0.1) is 12.8 Å². The number of nitrogens with zero attached hydrogens (tertiary/aromatic N) is 2. The topological polar surface area (TPSA) is 56.0 Å². The molecule has 5 heteroatoms. The fraction of sp³-hybridized carbons (Fsp3) is 0.524. The molecule has 1 aromatic carbocycles. The number of hydrogen-bond donors (Lipinski definition) is 1. The number of carbonyl (C=O) groups excluding carboxylic acids is 1. The van der Waals surface area contributed by atoms with Gasteiger partial charge in [-0.3, -0.25) is 14.3 Å². The van der Waals surface area contributed by atoms with Crippen LogP contribution in [-0.2, 0) is 11.8 Å². The van der Waals surface area contributed by atoms with E-state index in [9.17, 15) is 9.59 Å². The summed E-state index contributed by atoms with van der Waals surface area (Å²) in [6.07, 6.45) is 9.14. The van der Waals surface area contributed by atoms with Crippen molar-refractivity contribution < 1.29 is 4.79 Å². The molecule has 0 spiro atoms. The highest BCUT2D eigenvalue weighted by atomic mass is 16.2. The molecule has 1 amide bonds. The second-order valence-electron chi connectivity index (χ2n) is 7.38. The van der Waals surface area contributed by atoms with Crippen LogP contribution in [0.1, 0.15) is 57.1 Å². The van der Waals surface area contributed by atoms with Crippen LogP contribution in [0.4, 0.5) is 5.69 Å². The molecule has 140 valence electrons. The van der Waals surface area contributed by atoms with Crippen molar-refractivity contribution in [3.05, 3.63) is 46.4 Å². The Morgan fingerprint density at radius 2 is 1.85 bits per heavy atom. The normalized spacial score (nSPS) is 15.2. The fourth-order valence-electron chi connectivity index (χ4n) is 3.94. The molecule has 1 fully saturated rings. The summed E-state index contributed by atoms with van der Waals surface area (Å²) in [7, 11) is 1.84. The molecule has 1 N–H and O–H groups in total. The number of para-hydroxylation sites is 1. The van der Waals surface area contributed by atoms with E-state index in [4.69, 9.17) is 0 Å². The predicted molar refractivity (Wildman–Crippen MR) is 105 cm³/mol. The molecule has 0 aliphatic heterocycles. The van der Waals surface area contributed by atoms with Crippen LogP contribution in [0.5, 0.6) is 0 Å². The van der Waals surface area contributed by atoms with Gasteiger partial charge in [0.05, 0.1) is 11.4 Å². The number of aromatic nitrogens is 2. The summed E-state index contributed by atoms with van der Waals surface area (Å²) in [5.41, 5.74) is 1.76. The average Bonchev–Trinajstić information content (AvgIpc) is 2.87. The summed E-state index contributed by atoms with van der Waals surface area (Å²) in [4.78, 5) is 25.1. The highest BCUT2D eigenvalue weighted by Crippen LogP contribution is 2.27. The first-order chi connectivity index (χ1) is 12.6.